The SMILES string of the molecule is NC(N)=N/N=C/c1ccccc1OCc1ccc(Br)cc1. The van der Waals surface area contributed by atoms with E-state index < -0.39 is 0 Å². The minimum Gasteiger partial charge on any atom is -0.488 e. The molecule has 2 aromatic carbocycles. The first-order valence-corrected chi connectivity index (χ1v) is 7.02. The number of para-hydroxylation sites is 1. The molecule has 2 aromatic rings. The lowest BCUT2D eigenvalue weighted by Gasteiger charge is -2.08. The first-order chi connectivity index (χ1) is 10.1. The molecule has 0 aromatic heterocycles. The smallest absolute Gasteiger partial charge is 0.211 e. The van der Waals surface area contributed by atoms with Gasteiger partial charge in [-0.1, -0.05) is 40.2 Å². The normalized spacial score (nSPS) is 10.5. The second kappa shape index (κ2) is 7.44. The fraction of sp³-hybridized carbons (Fsp3) is 0.0667. The molecule has 2 rings (SSSR count). The van der Waals surface area contributed by atoms with Crippen molar-refractivity contribution in [2.75, 3.05) is 0 Å². The lowest BCUT2D eigenvalue weighted by molar-refractivity contribution is 0.306. The molecule has 108 valence electrons. The molecule has 0 unspecified atom stereocenters. The summed E-state index contributed by atoms with van der Waals surface area (Å²) in [6, 6.07) is 15.5. The van der Waals surface area contributed by atoms with Gasteiger partial charge in [-0.2, -0.15) is 5.10 Å². The van der Waals surface area contributed by atoms with E-state index in [0.29, 0.717) is 6.61 Å². The molecule has 0 amide bonds. The van der Waals surface area contributed by atoms with Crippen LogP contribution >= 0.6 is 15.9 Å². The Morgan fingerprint density at radius 3 is 2.52 bits per heavy atom. The minimum atomic E-state index is -0.0838. The Balaban J connectivity index is 2.07. The Hall–Kier alpha value is -2.34. The van der Waals surface area contributed by atoms with Gasteiger partial charge < -0.3 is 16.2 Å². The first-order valence-electron chi connectivity index (χ1n) is 6.23. The van der Waals surface area contributed by atoms with Crippen molar-refractivity contribution < 1.29 is 4.74 Å². The average molecular weight is 347 g/mol. The molecule has 0 aliphatic heterocycles. The highest BCUT2D eigenvalue weighted by Gasteiger charge is 2.01. The maximum atomic E-state index is 5.80. The number of nitrogens with zero attached hydrogens (tertiary/aromatic N) is 2. The Bertz CT molecular complexity index is 649. The summed E-state index contributed by atoms with van der Waals surface area (Å²) in [7, 11) is 0. The van der Waals surface area contributed by atoms with Crippen LogP contribution in [0.3, 0.4) is 0 Å². The Morgan fingerprint density at radius 1 is 1.10 bits per heavy atom. The molecule has 0 bridgehead atoms. The Labute approximate surface area is 131 Å². The third kappa shape index (κ3) is 4.92. The van der Waals surface area contributed by atoms with Gasteiger partial charge in [0.25, 0.3) is 0 Å². The molecule has 0 fully saturated rings. The largest absolute Gasteiger partial charge is 0.488 e. The standard InChI is InChI=1S/C15H15BrN4O/c16-13-7-5-11(6-8-13)10-21-14-4-2-1-3-12(14)9-19-20-15(17)18/h1-9H,10H2,(H4,17,18,20)/b19-9+. The highest BCUT2D eigenvalue weighted by atomic mass is 79.9. The van der Waals surface area contributed by atoms with E-state index in [-0.39, 0.29) is 5.96 Å². The number of hydrogen-bond acceptors (Lipinski definition) is 3. The lowest BCUT2D eigenvalue weighted by Crippen LogP contribution is -2.21. The first kappa shape index (κ1) is 15.1. The summed E-state index contributed by atoms with van der Waals surface area (Å²) in [5.41, 5.74) is 12.3. The fourth-order valence-corrected chi connectivity index (χ4v) is 1.88. The van der Waals surface area contributed by atoms with Crippen LogP contribution in [0.5, 0.6) is 5.75 Å². The van der Waals surface area contributed by atoms with Gasteiger partial charge in [0.1, 0.15) is 12.4 Å². The predicted molar refractivity (Wildman–Crippen MR) is 88.3 cm³/mol. The zero-order valence-electron chi connectivity index (χ0n) is 11.2. The zero-order chi connectivity index (χ0) is 15.1. The molecular weight excluding hydrogens is 332 g/mol. The van der Waals surface area contributed by atoms with Crippen LogP contribution in [0.15, 0.2) is 63.2 Å². The molecule has 0 aliphatic carbocycles. The topological polar surface area (TPSA) is 86.0 Å². The molecule has 21 heavy (non-hydrogen) atoms. The van der Waals surface area contributed by atoms with Crippen LogP contribution in [-0.4, -0.2) is 12.2 Å². The van der Waals surface area contributed by atoms with Crippen molar-refractivity contribution in [1.82, 2.24) is 0 Å². The summed E-state index contributed by atoms with van der Waals surface area (Å²) < 4.78 is 6.84. The second-order valence-corrected chi connectivity index (χ2v) is 5.14. The molecule has 0 radical (unpaired) electrons. The zero-order valence-corrected chi connectivity index (χ0v) is 12.8. The van der Waals surface area contributed by atoms with Crippen molar-refractivity contribution in [3.63, 3.8) is 0 Å². The van der Waals surface area contributed by atoms with E-state index in [0.717, 1.165) is 21.3 Å². The predicted octanol–water partition coefficient (Wildman–Crippen LogP) is 2.64. The minimum absolute atomic E-state index is 0.0838. The third-order valence-corrected chi connectivity index (χ3v) is 3.13. The molecule has 4 N–H and O–H groups in total. The number of nitrogens with two attached hydrogens (primary N) is 2. The second-order valence-electron chi connectivity index (χ2n) is 4.22. The maximum Gasteiger partial charge on any atom is 0.211 e. The number of guanidine groups is 1. The van der Waals surface area contributed by atoms with Crippen molar-refractivity contribution in [1.29, 1.82) is 0 Å². The summed E-state index contributed by atoms with van der Waals surface area (Å²) >= 11 is 3.40. The summed E-state index contributed by atoms with van der Waals surface area (Å²) in [6.45, 7) is 0.473. The molecule has 0 heterocycles. The molecule has 0 aliphatic rings. The summed E-state index contributed by atoms with van der Waals surface area (Å²) in [5, 5.41) is 7.36. The van der Waals surface area contributed by atoms with Gasteiger partial charge in [0, 0.05) is 10.0 Å². The van der Waals surface area contributed by atoms with Crippen LogP contribution in [-0.2, 0) is 6.61 Å². The van der Waals surface area contributed by atoms with Gasteiger partial charge >= 0.3 is 0 Å². The van der Waals surface area contributed by atoms with Crippen LogP contribution in [0.1, 0.15) is 11.1 Å². The van der Waals surface area contributed by atoms with E-state index in [1.807, 2.05) is 48.5 Å². The van der Waals surface area contributed by atoms with Crippen LogP contribution in [0.4, 0.5) is 0 Å². The van der Waals surface area contributed by atoms with Crippen molar-refractivity contribution in [2.24, 2.45) is 21.7 Å². The Kier molecular flexibility index (Phi) is 5.34. The van der Waals surface area contributed by atoms with Crippen LogP contribution in [0, 0.1) is 0 Å². The van der Waals surface area contributed by atoms with Gasteiger partial charge in [0.2, 0.25) is 5.96 Å². The van der Waals surface area contributed by atoms with Gasteiger partial charge in [-0.15, -0.1) is 5.10 Å². The number of rotatable bonds is 5. The average Bonchev–Trinajstić information content (AvgIpc) is 2.47. The number of ether oxygens (including phenoxy) is 1. The molecular formula is C15H15BrN4O. The van der Waals surface area contributed by atoms with Gasteiger partial charge in [-0.25, -0.2) is 0 Å². The molecule has 0 saturated carbocycles. The number of halogens is 1. The van der Waals surface area contributed by atoms with Gasteiger partial charge in [0.15, 0.2) is 0 Å². The van der Waals surface area contributed by atoms with E-state index in [2.05, 4.69) is 26.1 Å². The summed E-state index contributed by atoms with van der Waals surface area (Å²) in [5.74, 6) is 0.634. The molecule has 0 saturated heterocycles. The van der Waals surface area contributed by atoms with Crippen LogP contribution in [0.25, 0.3) is 0 Å². The van der Waals surface area contributed by atoms with Gasteiger partial charge in [-0.3, -0.25) is 0 Å². The molecule has 0 atom stereocenters. The van der Waals surface area contributed by atoms with Crippen LogP contribution in [0.2, 0.25) is 0 Å². The summed E-state index contributed by atoms with van der Waals surface area (Å²) in [6.07, 6.45) is 1.55. The summed E-state index contributed by atoms with van der Waals surface area (Å²) in [4.78, 5) is 0. The van der Waals surface area contributed by atoms with E-state index in [9.17, 15) is 0 Å². The van der Waals surface area contributed by atoms with Crippen molar-refractivity contribution in [3.8, 4) is 5.75 Å². The van der Waals surface area contributed by atoms with Gasteiger partial charge in [-0.05, 0) is 29.8 Å². The lowest BCUT2D eigenvalue weighted by atomic mass is 10.2. The Morgan fingerprint density at radius 2 is 1.81 bits per heavy atom. The van der Waals surface area contributed by atoms with Crippen LogP contribution < -0.4 is 16.2 Å². The molecule has 6 heteroatoms. The third-order valence-electron chi connectivity index (χ3n) is 2.60. The fourth-order valence-electron chi connectivity index (χ4n) is 1.62. The highest BCUT2D eigenvalue weighted by molar-refractivity contribution is 9.10. The van der Waals surface area contributed by atoms with E-state index in [1.54, 1.807) is 6.21 Å². The molecule has 0 spiro atoms. The molecule has 5 nitrogen and oxygen atoms in total. The number of benzene rings is 2. The number of hydrogen-bond donors (Lipinski definition) is 2. The van der Waals surface area contributed by atoms with Crippen molar-refractivity contribution in [3.05, 3.63) is 64.1 Å². The monoisotopic (exact) mass is 346 g/mol. The van der Waals surface area contributed by atoms with E-state index in [1.165, 1.54) is 0 Å². The van der Waals surface area contributed by atoms with Crippen molar-refractivity contribution >= 4 is 28.1 Å². The van der Waals surface area contributed by atoms with Crippen molar-refractivity contribution in [2.45, 2.75) is 6.61 Å². The quantitative estimate of drug-likeness (QED) is 0.495. The maximum absolute atomic E-state index is 5.80. The highest BCUT2D eigenvalue weighted by Crippen LogP contribution is 2.18. The van der Waals surface area contributed by atoms with E-state index >= 15 is 0 Å². The van der Waals surface area contributed by atoms with Gasteiger partial charge in [0.05, 0.1) is 6.21 Å². The van der Waals surface area contributed by atoms with E-state index in [4.69, 9.17) is 16.2 Å².